The van der Waals surface area contributed by atoms with Gasteiger partial charge in [-0.2, -0.15) is 0 Å². The lowest BCUT2D eigenvalue weighted by Gasteiger charge is -2.40. The molecule has 3 heteroatoms. The Labute approximate surface area is 126 Å². The Kier molecular flexibility index (Phi) is 8.74. The lowest BCUT2D eigenvalue weighted by molar-refractivity contribution is 0.0955. The van der Waals surface area contributed by atoms with Crippen LogP contribution in [0.5, 0.6) is 0 Å². The molecule has 3 atom stereocenters. The molecule has 3 nitrogen and oxygen atoms in total. The number of ether oxygens (including phenoxy) is 1. The van der Waals surface area contributed by atoms with E-state index >= 15 is 0 Å². The second-order valence-corrected chi connectivity index (χ2v) is 6.70. The average molecular weight is 284 g/mol. The first-order valence-electron chi connectivity index (χ1n) is 8.58. The van der Waals surface area contributed by atoms with Gasteiger partial charge < -0.3 is 15.0 Å². The predicted octanol–water partition coefficient (Wildman–Crippen LogP) is 3.01. The van der Waals surface area contributed by atoms with Crippen LogP contribution in [0.4, 0.5) is 0 Å². The van der Waals surface area contributed by atoms with E-state index in [1.165, 1.54) is 25.8 Å². The van der Waals surface area contributed by atoms with E-state index in [2.05, 4.69) is 45.0 Å². The van der Waals surface area contributed by atoms with Gasteiger partial charge in [0.1, 0.15) is 0 Å². The Balaban J connectivity index is 2.46. The number of hydrogen-bond acceptors (Lipinski definition) is 3. The summed E-state index contributed by atoms with van der Waals surface area (Å²) in [5.41, 5.74) is 0. The third kappa shape index (κ3) is 6.11. The minimum atomic E-state index is 0.713. The van der Waals surface area contributed by atoms with Crippen LogP contribution in [0.15, 0.2) is 0 Å². The van der Waals surface area contributed by atoms with Gasteiger partial charge in [-0.05, 0) is 57.5 Å². The van der Waals surface area contributed by atoms with Crippen LogP contribution in [0.25, 0.3) is 0 Å². The molecule has 0 aromatic heterocycles. The van der Waals surface area contributed by atoms with Gasteiger partial charge in [0.25, 0.3) is 0 Å². The van der Waals surface area contributed by atoms with E-state index in [4.69, 9.17) is 4.74 Å². The molecule has 3 unspecified atom stereocenters. The van der Waals surface area contributed by atoms with Crippen LogP contribution < -0.4 is 5.32 Å². The molecule has 0 aromatic carbocycles. The summed E-state index contributed by atoms with van der Waals surface area (Å²) in [6, 6.07) is 0.713. The third-order valence-electron chi connectivity index (χ3n) is 4.80. The van der Waals surface area contributed by atoms with E-state index in [1.807, 2.05) is 0 Å². The highest BCUT2D eigenvalue weighted by atomic mass is 16.5. The smallest absolute Gasteiger partial charge is 0.0593 e. The molecule has 120 valence electrons. The first kappa shape index (κ1) is 17.9. The Morgan fingerprint density at radius 3 is 2.60 bits per heavy atom. The van der Waals surface area contributed by atoms with Crippen molar-refractivity contribution in [2.24, 2.45) is 17.8 Å². The summed E-state index contributed by atoms with van der Waals surface area (Å²) in [6.45, 7) is 14.1. The van der Waals surface area contributed by atoms with E-state index in [1.54, 1.807) is 0 Å². The molecule has 0 aromatic rings. The first-order valence-corrected chi connectivity index (χ1v) is 8.58. The molecular formula is C17H36N2O. The average Bonchev–Trinajstić information content (AvgIpc) is 2.41. The minimum Gasteiger partial charge on any atom is -0.380 e. The molecule has 0 bridgehead atoms. The molecular weight excluding hydrogens is 248 g/mol. The molecule has 0 aliphatic heterocycles. The summed E-state index contributed by atoms with van der Waals surface area (Å²) in [5, 5.41) is 3.71. The van der Waals surface area contributed by atoms with Gasteiger partial charge in [0, 0.05) is 25.7 Å². The van der Waals surface area contributed by atoms with Gasteiger partial charge in [0.2, 0.25) is 0 Å². The molecule has 20 heavy (non-hydrogen) atoms. The van der Waals surface area contributed by atoms with Gasteiger partial charge >= 0.3 is 0 Å². The number of nitrogens with one attached hydrogen (secondary N) is 1. The van der Waals surface area contributed by atoms with Crippen molar-refractivity contribution in [2.45, 2.75) is 53.0 Å². The highest BCUT2D eigenvalue weighted by Crippen LogP contribution is 2.34. The van der Waals surface area contributed by atoms with Gasteiger partial charge in [-0.15, -0.1) is 0 Å². The van der Waals surface area contributed by atoms with Crippen LogP contribution in [-0.4, -0.2) is 50.8 Å². The predicted molar refractivity (Wildman–Crippen MR) is 87.1 cm³/mol. The molecule has 1 saturated carbocycles. The molecule has 0 spiro atoms. The van der Waals surface area contributed by atoms with Gasteiger partial charge in [-0.25, -0.2) is 0 Å². The fraction of sp³-hybridized carbons (Fsp3) is 1.00. The molecule has 0 radical (unpaired) electrons. The van der Waals surface area contributed by atoms with Crippen molar-refractivity contribution < 1.29 is 4.74 Å². The number of nitrogens with zero attached hydrogens (tertiary/aromatic N) is 1. The number of likely N-dealkylation sites (N-methyl/N-ethyl adjacent to an activating group) is 1. The molecule has 1 aliphatic carbocycles. The van der Waals surface area contributed by atoms with Crippen molar-refractivity contribution in [2.75, 3.05) is 39.9 Å². The summed E-state index contributed by atoms with van der Waals surface area (Å²) < 4.78 is 5.47. The zero-order chi connectivity index (χ0) is 15.0. The Morgan fingerprint density at radius 2 is 2.00 bits per heavy atom. The molecule has 1 N–H and O–H groups in total. The number of hydrogen-bond donors (Lipinski definition) is 1. The van der Waals surface area contributed by atoms with Crippen LogP contribution in [0.1, 0.15) is 47.0 Å². The quantitative estimate of drug-likeness (QED) is 0.659. The minimum absolute atomic E-state index is 0.713. The molecule has 0 saturated heterocycles. The van der Waals surface area contributed by atoms with Crippen LogP contribution in [-0.2, 0) is 4.74 Å². The Hall–Kier alpha value is -0.120. The van der Waals surface area contributed by atoms with Crippen LogP contribution in [0, 0.1) is 17.8 Å². The van der Waals surface area contributed by atoms with E-state index in [0.717, 1.165) is 44.1 Å². The van der Waals surface area contributed by atoms with Crippen LogP contribution in [0.3, 0.4) is 0 Å². The van der Waals surface area contributed by atoms with Gasteiger partial charge in [0.15, 0.2) is 0 Å². The largest absolute Gasteiger partial charge is 0.380 e. The zero-order valence-corrected chi connectivity index (χ0v) is 14.3. The summed E-state index contributed by atoms with van der Waals surface area (Å²) in [4.78, 5) is 2.45. The molecule has 0 heterocycles. The van der Waals surface area contributed by atoms with E-state index < -0.39 is 0 Å². The van der Waals surface area contributed by atoms with Crippen molar-refractivity contribution >= 4 is 0 Å². The van der Waals surface area contributed by atoms with Gasteiger partial charge in [-0.3, -0.25) is 0 Å². The van der Waals surface area contributed by atoms with Crippen LogP contribution in [0.2, 0.25) is 0 Å². The summed E-state index contributed by atoms with van der Waals surface area (Å²) in [6.07, 6.45) is 4.13. The lowest BCUT2D eigenvalue weighted by Crippen LogP contribution is -2.46. The molecule has 1 fully saturated rings. The van der Waals surface area contributed by atoms with E-state index in [0.29, 0.717) is 6.04 Å². The topological polar surface area (TPSA) is 24.5 Å². The highest BCUT2D eigenvalue weighted by molar-refractivity contribution is 4.87. The van der Waals surface area contributed by atoms with Crippen molar-refractivity contribution in [1.29, 1.82) is 0 Å². The van der Waals surface area contributed by atoms with Crippen molar-refractivity contribution in [1.82, 2.24) is 10.2 Å². The SMILES string of the molecule is CCNC1CCC(C(C)C)CC1CN(C)CCOCC. The zero-order valence-electron chi connectivity index (χ0n) is 14.3. The molecule has 0 amide bonds. The van der Waals surface area contributed by atoms with E-state index in [9.17, 15) is 0 Å². The maximum absolute atomic E-state index is 5.47. The number of rotatable bonds is 9. The summed E-state index contributed by atoms with van der Waals surface area (Å²) in [5.74, 6) is 2.53. The lowest BCUT2D eigenvalue weighted by atomic mass is 9.73. The summed E-state index contributed by atoms with van der Waals surface area (Å²) >= 11 is 0. The fourth-order valence-electron chi connectivity index (χ4n) is 3.49. The third-order valence-corrected chi connectivity index (χ3v) is 4.80. The highest BCUT2D eigenvalue weighted by Gasteiger charge is 2.31. The van der Waals surface area contributed by atoms with Crippen molar-refractivity contribution in [3.63, 3.8) is 0 Å². The van der Waals surface area contributed by atoms with Crippen molar-refractivity contribution in [3.05, 3.63) is 0 Å². The maximum atomic E-state index is 5.47. The second-order valence-electron chi connectivity index (χ2n) is 6.70. The monoisotopic (exact) mass is 284 g/mol. The normalized spacial score (nSPS) is 27.4. The maximum Gasteiger partial charge on any atom is 0.0593 e. The Bertz CT molecular complexity index is 245. The molecule has 1 rings (SSSR count). The Morgan fingerprint density at radius 1 is 1.25 bits per heavy atom. The van der Waals surface area contributed by atoms with Crippen molar-refractivity contribution in [3.8, 4) is 0 Å². The standard InChI is InChI=1S/C17H36N2O/c1-6-18-17-9-8-15(14(3)4)12-16(17)13-19(5)10-11-20-7-2/h14-18H,6-13H2,1-5H3. The summed E-state index contributed by atoms with van der Waals surface area (Å²) in [7, 11) is 2.24. The molecule has 1 aliphatic rings. The van der Waals surface area contributed by atoms with Crippen LogP contribution >= 0.6 is 0 Å². The second kappa shape index (κ2) is 9.75. The van der Waals surface area contributed by atoms with Gasteiger partial charge in [-0.1, -0.05) is 20.8 Å². The van der Waals surface area contributed by atoms with Gasteiger partial charge in [0.05, 0.1) is 6.61 Å². The fourth-order valence-corrected chi connectivity index (χ4v) is 3.49. The first-order chi connectivity index (χ1) is 9.58. The van der Waals surface area contributed by atoms with E-state index in [-0.39, 0.29) is 0 Å².